The van der Waals surface area contributed by atoms with Gasteiger partial charge in [0.15, 0.2) is 11.5 Å². The standard InChI is InChI=1S/C22H23NO3/c1-24-20-10-7-18(8-11-20)19-9-12-21(25-14-13-23)22(15-19)26-16-17-5-3-2-4-6-17/h2-12,15H,13-14,16,23H2,1H3. The SMILES string of the molecule is COc1ccc(-c2ccc(OCCN)c(OCc3ccccc3)c2)cc1. The Morgan fingerprint density at radius 2 is 1.50 bits per heavy atom. The molecule has 3 rings (SSSR count). The molecular formula is C22H23NO3. The highest BCUT2D eigenvalue weighted by atomic mass is 16.5. The number of hydrogen-bond donors (Lipinski definition) is 1. The van der Waals surface area contributed by atoms with Gasteiger partial charge in [-0.25, -0.2) is 0 Å². The Balaban J connectivity index is 1.84. The van der Waals surface area contributed by atoms with Gasteiger partial charge in [0, 0.05) is 6.54 Å². The second-order valence-electron chi connectivity index (χ2n) is 5.80. The van der Waals surface area contributed by atoms with E-state index in [0.717, 1.165) is 22.4 Å². The molecular weight excluding hydrogens is 326 g/mol. The number of hydrogen-bond acceptors (Lipinski definition) is 4. The molecule has 0 radical (unpaired) electrons. The predicted molar refractivity (Wildman–Crippen MR) is 104 cm³/mol. The molecule has 0 spiro atoms. The maximum absolute atomic E-state index is 6.04. The van der Waals surface area contributed by atoms with E-state index in [9.17, 15) is 0 Å². The van der Waals surface area contributed by atoms with Crippen molar-refractivity contribution < 1.29 is 14.2 Å². The maximum atomic E-state index is 6.04. The number of rotatable bonds is 8. The summed E-state index contributed by atoms with van der Waals surface area (Å²) < 4.78 is 17.0. The molecule has 0 bridgehead atoms. The topological polar surface area (TPSA) is 53.7 Å². The third-order valence-electron chi connectivity index (χ3n) is 3.98. The highest BCUT2D eigenvalue weighted by Crippen LogP contribution is 2.34. The first-order valence-corrected chi connectivity index (χ1v) is 8.58. The zero-order chi connectivity index (χ0) is 18.2. The fraction of sp³-hybridized carbons (Fsp3) is 0.182. The normalized spacial score (nSPS) is 10.4. The van der Waals surface area contributed by atoms with Crippen molar-refractivity contribution in [1.82, 2.24) is 0 Å². The minimum absolute atomic E-state index is 0.448. The van der Waals surface area contributed by atoms with Crippen LogP contribution in [0.5, 0.6) is 17.2 Å². The van der Waals surface area contributed by atoms with Gasteiger partial charge in [0.1, 0.15) is 19.0 Å². The van der Waals surface area contributed by atoms with E-state index in [1.807, 2.05) is 72.8 Å². The van der Waals surface area contributed by atoms with Crippen molar-refractivity contribution in [1.29, 1.82) is 0 Å². The van der Waals surface area contributed by atoms with E-state index >= 15 is 0 Å². The van der Waals surface area contributed by atoms with Gasteiger partial charge < -0.3 is 19.9 Å². The van der Waals surface area contributed by atoms with Crippen molar-refractivity contribution in [3.8, 4) is 28.4 Å². The molecule has 0 saturated heterocycles. The van der Waals surface area contributed by atoms with E-state index in [1.54, 1.807) is 7.11 Å². The molecule has 3 aromatic carbocycles. The van der Waals surface area contributed by atoms with Gasteiger partial charge in [-0.05, 0) is 41.0 Å². The summed E-state index contributed by atoms with van der Waals surface area (Å²) in [5.41, 5.74) is 8.80. The van der Waals surface area contributed by atoms with Crippen LogP contribution >= 0.6 is 0 Å². The Morgan fingerprint density at radius 3 is 2.19 bits per heavy atom. The van der Waals surface area contributed by atoms with E-state index in [2.05, 4.69) is 0 Å². The molecule has 4 heteroatoms. The molecule has 0 aliphatic heterocycles. The predicted octanol–water partition coefficient (Wildman–Crippen LogP) is 4.28. The average molecular weight is 349 g/mol. The van der Waals surface area contributed by atoms with Crippen LogP contribution in [-0.2, 0) is 6.61 Å². The molecule has 0 saturated carbocycles. The van der Waals surface area contributed by atoms with E-state index in [1.165, 1.54) is 0 Å². The number of nitrogens with two attached hydrogens (primary N) is 1. The quantitative estimate of drug-likeness (QED) is 0.659. The summed E-state index contributed by atoms with van der Waals surface area (Å²) >= 11 is 0. The number of methoxy groups -OCH3 is 1. The summed E-state index contributed by atoms with van der Waals surface area (Å²) in [5.74, 6) is 2.23. The average Bonchev–Trinajstić information content (AvgIpc) is 2.72. The first-order valence-electron chi connectivity index (χ1n) is 8.58. The molecule has 2 N–H and O–H groups in total. The summed E-state index contributed by atoms with van der Waals surface area (Å²) in [5, 5.41) is 0. The lowest BCUT2D eigenvalue weighted by molar-refractivity contribution is 0.266. The lowest BCUT2D eigenvalue weighted by Gasteiger charge is -2.14. The Hall–Kier alpha value is -2.98. The summed E-state index contributed by atoms with van der Waals surface area (Å²) in [6, 6.07) is 23.9. The summed E-state index contributed by atoms with van der Waals surface area (Å²) in [6.45, 7) is 1.38. The zero-order valence-corrected chi connectivity index (χ0v) is 14.9. The van der Waals surface area contributed by atoms with Gasteiger partial charge >= 0.3 is 0 Å². The minimum Gasteiger partial charge on any atom is -0.497 e. The molecule has 3 aromatic rings. The number of benzene rings is 3. The van der Waals surface area contributed by atoms with Gasteiger partial charge in [-0.15, -0.1) is 0 Å². The third-order valence-corrected chi connectivity index (χ3v) is 3.98. The van der Waals surface area contributed by atoms with Crippen molar-refractivity contribution >= 4 is 0 Å². The third kappa shape index (κ3) is 4.55. The Kier molecular flexibility index (Phi) is 6.12. The minimum atomic E-state index is 0.448. The van der Waals surface area contributed by atoms with Gasteiger partial charge in [0.05, 0.1) is 7.11 Å². The molecule has 0 aliphatic rings. The summed E-state index contributed by atoms with van der Waals surface area (Å²) in [6.07, 6.45) is 0. The summed E-state index contributed by atoms with van der Waals surface area (Å²) in [4.78, 5) is 0. The first kappa shape index (κ1) is 17.8. The fourth-order valence-electron chi connectivity index (χ4n) is 2.61. The van der Waals surface area contributed by atoms with Crippen LogP contribution in [0.4, 0.5) is 0 Å². The van der Waals surface area contributed by atoms with Crippen LogP contribution in [0.25, 0.3) is 11.1 Å². The van der Waals surface area contributed by atoms with Crippen LogP contribution in [-0.4, -0.2) is 20.3 Å². The van der Waals surface area contributed by atoms with E-state index in [4.69, 9.17) is 19.9 Å². The smallest absolute Gasteiger partial charge is 0.162 e. The molecule has 134 valence electrons. The molecule has 26 heavy (non-hydrogen) atoms. The molecule has 0 amide bonds. The zero-order valence-electron chi connectivity index (χ0n) is 14.9. The van der Waals surface area contributed by atoms with Crippen LogP contribution in [0.2, 0.25) is 0 Å². The molecule has 0 aliphatic carbocycles. The Labute approximate surface area is 154 Å². The van der Waals surface area contributed by atoms with Gasteiger partial charge in [-0.1, -0.05) is 48.5 Å². The first-order chi connectivity index (χ1) is 12.8. The lowest BCUT2D eigenvalue weighted by atomic mass is 10.0. The van der Waals surface area contributed by atoms with Gasteiger partial charge in [0.25, 0.3) is 0 Å². The maximum Gasteiger partial charge on any atom is 0.162 e. The van der Waals surface area contributed by atoms with E-state index < -0.39 is 0 Å². The number of ether oxygens (including phenoxy) is 3. The van der Waals surface area contributed by atoms with Crippen molar-refractivity contribution in [2.45, 2.75) is 6.61 Å². The second kappa shape index (κ2) is 8.92. The molecule has 4 nitrogen and oxygen atoms in total. The van der Waals surface area contributed by atoms with Crippen LogP contribution in [0.1, 0.15) is 5.56 Å². The van der Waals surface area contributed by atoms with E-state index in [-0.39, 0.29) is 0 Å². The van der Waals surface area contributed by atoms with Crippen molar-refractivity contribution in [2.24, 2.45) is 5.73 Å². The monoisotopic (exact) mass is 349 g/mol. The second-order valence-corrected chi connectivity index (χ2v) is 5.80. The Bertz CT molecular complexity index is 817. The van der Waals surface area contributed by atoms with E-state index in [0.29, 0.717) is 31.3 Å². The van der Waals surface area contributed by atoms with Crippen LogP contribution < -0.4 is 19.9 Å². The summed E-state index contributed by atoms with van der Waals surface area (Å²) in [7, 11) is 1.66. The van der Waals surface area contributed by atoms with Gasteiger partial charge in [0.2, 0.25) is 0 Å². The molecule has 0 unspecified atom stereocenters. The lowest BCUT2D eigenvalue weighted by Crippen LogP contribution is -2.11. The largest absolute Gasteiger partial charge is 0.497 e. The fourth-order valence-corrected chi connectivity index (χ4v) is 2.61. The van der Waals surface area contributed by atoms with Crippen molar-refractivity contribution in [2.75, 3.05) is 20.3 Å². The molecule has 0 atom stereocenters. The highest BCUT2D eigenvalue weighted by Gasteiger charge is 2.09. The Morgan fingerprint density at radius 1 is 0.769 bits per heavy atom. The molecule has 0 aromatic heterocycles. The molecule has 0 fully saturated rings. The van der Waals surface area contributed by atoms with Gasteiger partial charge in [-0.3, -0.25) is 0 Å². The van der Waals surface area contributed by atoms with Crippen LogP contribution in [0.15, 0.2) is 72.8 Å². The van der Waals surface area contributed by atoms with Crippen molar-refractivity contribution in [3.05, 3.63) is 78.4 Å². The molecule has 0 heterocycles. The van der Waals surface area contributed by atoms with Crippen LogP contribution in [0, 0.1) is 0 Å². The van der Waals surface area contributed by atoms with Crippen molar-refractivity contribution in [3.63, 3.8) is 0 Å². The van der Waals surface area contributed by atoms with Crippen LogP contribution in [0.3, 0.4) is 0 Å². The highest BCUT2D eigenvalue weighted by molar-refractivity contribution is 5.67. The van der Waals surface area contributed by atoms with Gasteiger partial charge in [-0.2, -0.15) is 0 Å².